The molecule has 0 bridgehead atoms. The molecule has 0 aliphatic carbocycles. The highest BCUT2D eigenvalue weighted by Crippen LogP contribution is 2.25. The molecule has 2 atom stereocenters. The Labute approximate surface area is 143 Å². The van der Waals surface area contributed by atoms with Gasteiger partial charge in [0.1, 0.15) is 11.9 Å². The zero-order valence-corrected chi connectivity index (χ0v) is 14.7. The molecular weight excluding hydrogens is 304 g/mol. The third-order valence-corrected chi connectivity index (χ3v) is 4.37. The predicted molar refractivity (Wildman–Crippen MR) is 92.7 cm³/mol. The zero-order chi connectivity index (χ0) is 17.5. The van der Waals surface area contributed by atoms with Gasteiger partial charge in [0, 0.05) is 38.5 Å². The van der Waals surface area contributed by atoms with Crippen LogP contribution in [0.15, 0.2) is 12.1 Å². The molecule has 0 radical (unpaired) electrons. The molecule has 2 heterocycles. The minimum Gasteiger partial charge on any atom is -0.385 e. The number of carbonyl (C=O) groups is 1. The highest BCUT2D eigenvalue weighted by molar-refractivity contribution is 5.80. The second-order valence-corrected chi connectivity index (χ2v) is 6.41. The van der Waals surface area contributed by atoms with E-state index < -0.39 is 0 Å². The van der Waals surface area contributed by atoms with E-state index in [0.717, 1.165) is 31.5 Å². The van der Waals surface area contributed by atoms with Gasteiger partial charge in [0.2, 0.25) is 5.91 Å². The van der Waals surface area contributed by atoms with E-state index in [-0.39, 0.29) is 17.9 Å². The van der Waals surface area contributed by atoms with E-state index in [9.17, 15) is 10.1 Å². The van der Waals surface area contributed by atoms with Crippen molar-refractivity contribution in [1.82, 2.24) is 10.3 Å². The molecule has 1 aromatic heterocycles. The van der Waals surface area contributed by atoms with Crippen LogP contribution < -0.4 is 10.2 Å². The number of anilines is 1. The summed E-state index contributed by atoms with van der Waals surface area (Å²) in [6, 6.07) is 5.94. The minimum absolute atomic E-state index is 0.0717. The van der Waals surface area contributed by atoms with Crippen molar-refractivity contribution in [2.45, 2.75) is 39.2 Å². The number of pyridine rings is 1. The van der Waals surface area contributed by atoms with Gasteiger partial charge < -0.3 is 15.0 Å². The van der Waals surface area contributed by atoms with Gasteiger partial charge in [-0.25, -0.2) is 4.98 Å². The second-order valence-electron chi connectivity index (χ2n) is 6.41. The summed E-state index contributed by atoms with van der Waals surface area (Å²) in [5, 5.41) is 12.4. The first-order chi connectivity index (χ1) is 11.5. The van der Waals surface area contributed by atoms with Crippen molar-refractivity contribution in [3.05, 3.63) is 23.4 Å². The van der Waals surface area contributed by atoms with Gasteiger partial charge >= 0.3 is 0 Å². The molecule has 2 rings (SSSR count). The van der Waals surface area contributed by atoms with Crippen molar-refractivity contribution in [2.75, 3.05) is 31.7 Å². The van der Waals surface area contributed by atoms with Crippen molar-refractivity contribution >= 4 is 11.7 Å². The Morgan fingerprint density at radius 2 is 2.38 bits per heavy atom. The lowest BCUT2D eigenvalue weighted by Gasteiger charge is -2.34. The molecular formula is C18H26N4O2. The second kappa shape index (κ2) is 8.65. The van der Waals surface area contributed by atoms with E-state index in [2.05, 4.69) is 21.3 Å². The lowest BCUT2D eigenvalue weighted by atomic mass is 9.96. The predicted octanol–water partition coefficient (Wildman–Crippen LogP) is 2.02. The van der Waals surface area contributed by atoms with E-state index in [1.807, 2.05) is 19.9 Å². The summed E-state index contributed by atoms with van der Waals surface area (Å²) in [5.74, 6) is 0.703. The molecule has 1 N–H and O–H groups in total. The van der Waals surface area contributed by atoms with Crippen LogP contribution in [0.3, 0.4) is 0 Å². The van der Waals surface area contributed by atoms with Crippen LogP contribution in [-0.2, 0) is 9.53 Å². The highest BCUT2D eigenvalue weighted by atomic mass is 16.5. The highest BCUT2D eigenvalue weighted by Gasteiger charge is 2.28. The maximum absolute atomic E-state index is 12.5. The Morgan fingerprint density at radius 3 is 3.08 bits per heavy atom. The zero-order valence-electron chi connectivity index (χ0n) is 14.7. The van der Waals surface area contributed by atoms with Crippen molar-refractivity contribution in [1.29, 1.82) is 5.26 Å². The number of piperidine rings is 1. The van der Waals surface area contributed by atoms with E-state index >= 15 is 0 Å². The summed E-state index contributed by atoms with van der Waals surface area (Å²) in [4.78, 5) is 19.1. The smallest absolute Gasteiger partial charge is 0.225 e. The van der Waals surface area contributed by atoms with Crippen LogP contribution in [0, 0.1) is 24.2 Å². The Balaban J connectivity index is 2.03. The summed E-state index contributed by atoms with van der Waals surface area (Å²) in [7, 11) is 1.66. The lowest BCUT2D eigenvalue weighted by molar-refractivity contribution is -0.125. The van der Waals surface area contributed by atoms with Gasteiger partial charge in [-0.3, -0.25) is 4.79 Å². The number of aryl methyl sites for hydroxylation is 1. The van der Waals surface area contributed by atoms with E-state index in [1.54, 1.807) is 13.2 Å². The van der Waals surface area contributed by atoms with Gasteiger partial charge in [0.25, 0.3) is 0 Å². The maximum Gasteiger partial charge on any atom is 0.225 e. The van der Waals surface area contributed by atoms with Gasteiger partial charge in [-0.05, 0) is 45.2 Å². The van der Waals surface area contributed by atoms with Crippen LogP contribution in [0.25, 0.3) is 0 Å². The van der Waals surface area contributed by atoms with E-state index in [4.69, 9.17) is 4.74 Å². The van der Waals surface area contributed by atoms with Crippen LogP contribution in [0.1, 0.15) is 37.4 Å². The monoisotopic (exact) mass is 330 g/mol. The lowest BCUT2D eigenvalue weighted by Crippen LogP contribution is -2.46. The van der Waals surface area contributed by atoms with Crippen molar-refractivity contribution in [3.8, 4) is 6.07 Å². The Morgan fingerprint density at radius 1 is 1.58 bits per heavy atom. The Bertz CT molecular complexity index is 612. The number of nitrogens with one attached hydrogen (secondary N) is 1. The first-order valence-electron chi connectivity index (χ1n) is 8.47. The Kier molecular flexibility index (Phi) is 6.56. The minimum atomic E-state index is -0.0717. The number of hydrogen-bond acceptors (Lipinski definition) is 5. The fourth-order valence-corrected chi connectivity index (χ4v) is 2.98. The molecule has 0 spiro atoms. The third-order valence-electron chi connectivity index (χ3n) is 4.37. The number of nitrogens with zero attached hydrogens (tertiary/aromatic N) is 3. The summed E-state index contributed by atoms with van der Waals surface area (Å²) in [5.41, 5.74) is 1.44. The van der Waals surface area contributed by atoms with Gasteiger partial charge in [-0.2, -0.15) is 5.26 Å². The summed E-state index contributed by atoms with van der Waals surface area (Å²) < 4.78 is 5.05. The molecule has 6 heteroatoms. The molecule has 6 nitrogen and oxygen atoms in total. The van der Waals surface area contributed by atoms with Crippen molar-refractivity contribution < 1.29 is 9.53 Å². The molecule has 1 saturated heterocycles. The molecule has 24 heavy (non-hydrogen) atoms. The Hall–Kier alpha value is -2.13. The molecule has 1 fully saturated rings. The SMILES string of the molecule is COCC[C@H](C)NC(=O)[C@@H]1CCCN(c2nc(C)ccc2C#N)C1. The number of hydrogen-bond donors (Lipinski definition) is 1. The molecule has 1 aromatic rings. The number of ether oxygens (including phenoxy) is 1. The molecule has 0 saturated carbocycles. The van der Waals surface area contributed by atoms with Crippen LogP contribution in [0.5, 0.6) is 0 Å². The van der Waals surface area contributed by atoms with Gasteiger partial charge in [0.15, 0.2) is 0 Å². The van der Waals surface area contributed by atoms with Crippen LogP contribution in [0.2, 0.25) is 0 Å². The normalized spacial score (nSPS) is 18.8. The summed E-state index contributed by atoms with van der Waals surface area (Å²) >= 11 is 0. The van der Waals surface area contributed by atoms with Crippen molar-refractivity contribution in [2.24, 2.45) is 5.92 Å². The molecule has 1 amide bonds. The van der Waals surface area contributed by atoms with Gasteiger partial charge in [-0.15, -0.1) is 0 Å². The van der Waals surface area contributed by atoms with Gasteiger partial charge in [-0.1, -0.05) is 0 Å². The fraction of sp³-hybridized carbons (Fsp3) is 0.611. The third kappa shape index (κ3) is 4.68. The number of nitriles is 1. The number of aromatic nitrogens is 1. The largest absolute Gasteiger partial charge is 0.385 e. The first kappa shape index (κ1) is 18.2. The van der Waals surface area contributed by atoms with Crippen LogP contribution in [-0.4, -0.2) is 43.7 Å². The van der Waals surface area contributed by atoms with Crippen LogP contribution >= 0.6 is 0 Å². The molecule has 130 valence electrons. The molecule has 1 aliphatic heterocycles. The summed E-state index contributed by atoms with van der Waals surface area (Å²) in [6.45, 7) is 5.97. The maximum atomic E-state index is 12.5. The average molecular weight is 330 g/mol. The number of carbonyl (C=O) groups excluding carboxylic acids is 1. The fourth-order valence-electron chi connectivity index (χ4n) is 2.98. The van der Waals surface area contributed by atoms with E-state index in [0.29, 0.717) is 24.5 Å². The first-order valence-corrected chi connectivity index (χ1v) is 8.47. The molecule has 1 aliphatic rings. The quantitative estimate of drug-likeness (QED) is 0.863. The van der Waals surface area contributed by atoms with E-state index in [1.165, 1.54) is 0 Å². The van der Waals surface area contributed by atoms with Crippen molar-refractivity contribution in [3.63, 3.8) is 0 Å². The average Bonchev–Trinajstić information content (AvgIpc) is 2.60. The number of methoxy groups -OCH3 is 1. The molecule has 0 aromatic carbocycles. The number of rotatable bonds is 6. The molecule has 0 unspecified atom stereocenters. The van der Waals surface area contributed by atoms with Crippen LogP contribution in [0.4, 0.5) is 5.82 Å². The topological polar surface area (TPSA) is 78.2 Å². The number of amides is 1. The van der Waals surface area contributed by atoms with Gasteiger partial charge in [0.05, 0.1) is 11.5 Å². The standard InChI is InChI=1S/C18H26N4O2/c1-13-6-7-15(11-19)17(20-13)22-9-4-5-16(12-22)18(23)21-14(2)8-10-24-3/h6-7,14,16H,4-5,8-10,12H2,1-3H3,(H,21,23)/t14-,16+/m0/s1. The summed E-state index contributed by atoms with van der Waals surface area (Å²) in [6.07, 6.45) is 2.59.